The van der Waals surface area contributed by atoms with Crippen LogP contribution in [0.3, 0.4) is 0 Å². The summed E-state index contributed by atoms with van der Waals surface area (Å²) in [5.41, 5.74) is 0. The summed E-state index contributed by atoms with van der Waals surface area (Å²) in [5, 5.41) is 9.22. The fourth-order valence-corrected chi connectivity index (χ4v) is 3.85. The third-order valence-corrected chi connectivity index (χ3v) is 5.50. The molecule has 1 aliphatic rings. The first-order valence-electron chi connectivity index (χ1n) is 6.63. The third-order valence-electron chi connectivity index (χ3n) is 3.73. The van der Waals surface area contributed by atoms with Crippen molar-refractivity contribution < 1.29 is 13.5 Å². The standard InChI is InChI=1S/C12H21N3O3S/c1-3-14-8-12(13-10(14)2)19(17,18)15-6-4-11(9-16)5-7-15/h8,11,16H,3-7,9H2,1-2H3. The summed E-state index contributed by atoms with van der Waals surface area (Å²) >= 11 is 0. The first-order valence-corrected chi connectivity index (χ1v) is 8.07. The lowest BCUT2D eigenvalue weighted by molar-refractivity contribution is 0.170. The lowest BCUT2D eigenvalue weighted by atomic mass is 10.00. The lowest BCUT2D eigenvalue weighted by Crippen LogP contribution is -2.39. The molecule has 1 saturated heterocycles. The molecule has 1 fully saturated rings. The smallest absolute Gasteiger partial charge is 0.262 e. The molecule has 0 amide bonds. The maximum Gasteiger partial charge on any atom is 0.262 e. The maximum absolute atomic E-state index is 12.5. The molecule has 6 nitrogen and oxygen atoms in total. The van der Waals surface area contributed by atoms with Crippen LogP contribution in [0.15, 0.2) is 11.2 Å². The van der Waals surface area contributed by atoms with Crippen LogP contribution in [0.25, 0.3) is 0 Å². The minimum atomic E-state index is -3.49. The van der Waals surface area contributed by atoms with Gasteiger partial charge in [-0.25, -0.2) is 13.4 Å². The predicted molar refractivity (Wildman–Crippen MR) is 71.2 cm³/mol. The van der Waals surface area contributed by atoms with Crippen LogP contribution in [0.4, 0.5) is 0 Å². The molecule has 1 aromatic heterocycles. The molecule has 0 radical (unpaired) electrons. The molecule has 0 atom stereocenters. The molecule has 0 aliphatic carbocycles. The summed E-state index contributed by atoms with van der Waals surface area (Å²) in [6.07, 6.45) is 3.02. The van der Waals surface area contributed by atoms with E-state index >= 15 is 0 Å². The number of aromatic nitrogens is 2. The monoisotopic (exact) mass is 287 g/mol. The van der Waals surface area contributed by atoms with Crippen LogP contribution < -0.4 is 0 Å². The molecule has 1 N–H and O–H groups in total. The van der Waals surface area contributed by atoms with Crippen molar-refractivity contribution in [2.75, 3.05) is 19.7 Å². The van der Waals surface area contributed by atoms with Crippen LogP contribution in [-0.2, 0) is 16.6 Å². The summed E-state index contributed by atoms with van der Waals surface area (Å²) < 4.78 is 28.2. The molecule has 2 heterocycles. The Bertz CT molecular complexity index is 530. The van der Waals surface area contributed by atoms with Crippen molar-refractivity contribution in [2.24, 2.45) is 5.92 Å². The first-order chi connectivity index (χ1) is 8.98. The van der Waals surface area contributed by atoms with E-state index in [0.717, 1.165) is 0 Å². The van der Waals surface area contributed by atoms with Crippen molar-refractivity contribution in [2.45, 2.75) is 38.3 Å². The van der Waals surface area contributed by atoms with Gasteiger partial charge in [0.1, 0.15) is 5.82 Å². The van der Waals surface area contributed by atoms with E-state index in [1.54, 1.807) is 13.1 Å². The van der Waals surface area contributed by atoms with Gasteiger partial charge in [-0.15, -0.1) is 0 Å². The summed E-state index contributed by atoms with van der Waals surface area (Å²) in [6, 6.07) is 0. The molecule has 0 bridgehead atoms. The highest BCUT2D eigenvalue weighted by Crippen LogP contribution is 2.23. The van der Waals surface area contributed by atoms with Crippen LogP contribution in [0.2, 0.25) is 0 Å². The molecule has 0 saturated carbocycles. The Kier molecular flexibility index (Phi) is 4.27. The number of aryl methyl sites for hydroxylation is 2. The molecule has 7 heteroatoms. The fourth-order valence-electron chi connectivity index (χ4n) is 2.39. The molecule has 1 aliphatic heterocycles. The second-order valence-corrected chi connectivity index (χ2v) is 6.83. The molecule has 19 heavy (non-hydrogen) atoms. The van der Waals surface area contributed by atoms with E-state index in [4.69, 9.17) is 5.11 Å². The van der Waals surface area contributed by atoms with Gasteiger partial charge in [-0.1, -0.05) is 0 Å². The average Bonchev–Trinajstić information content (AvgIpc) is 2.81. The van der Waals surface area contributed by atoms with Gasteiger partial charge in [-0.3, -0.25) is 0 Å². The van der Waals surface area contributed by atoms with Crippen molar-refractivity contribution in [3.8, 4) is 0 Å². The second-order valence-electron chi connectivity index (χ2n) is 4.94. The Morgan fingerprint density at radius 2 is 2.05 bits per heavy atom. The normalized spacial score (nSPS) is 18.9. The number of aliphatic hydroxyl groups is 1. The predicted octanol–water partition coefficient (Wildman–Crippen LogP) is 0.604. The Hall–Kier alpha value is -0.920. The van der Waals surface area contributed by atoms with Crippen LogP contribution in [-0.4, -0.2) is 47.1 Å². The van der Waals surface area contributed by atoms with Gasteiger partial charge in [0.25, 0.3) is 10.0 Å². The number of rotatable bonds is 4. The Balaban J connectivity index is 2.18. The largest absolute Gasteiger partial charge is 0.396 e. The highest BCUT2D eigenvalue weighted by Gasteiger charge is 2.31. The van der Waals surface area contributed by atoms with Gasteiger partial charge < -0.3 is 9.67 Å². The molecule has 2 rings (SSSR count). The molecular formula is C12H21N3O3S. The fraction of sp³-hybridized carbons (Fsp3) is 0.750. The van der Waals surface area contributed by atoms with Crippen molar-refractivity contribution in [1.82, 2.24) is 13.9 Å². The van der Waals surface area contributed by atoms with E-state index < -0.39 is 10.0 Å². The number of nitrogens with zero attached hydrogens (tertiary/aromatic N) is 3. The van der Waals surface area contributed by atoms with Crippen molar-refractivity contribution in [3.05, 3.63) is 12.0 Å². The number of aliphatic hydroxyl groups excluding tert-OH is 1. The Morgan fingerprint density at radius 1 is 1.42 bits per heavy atom. The van der Waals surface area contributed by atoms with Crippen LogP contribution in [0.5, 0.6) is 0 Å². The van der Waals surface area contributed by atoms with E-state index in [2.05, 4.69) is 4.98 Å². The van der Waals surface area contributed by atoms with Gasteiger partial charge in [-0.05, 0) is 32.6 Å². The number of sulfonamides is 1. The van der Waals surface area contributed by atoms with Gasteiger partial charge in [0, 0.05) is 32.4 Å². The van der Waals surface area contributed by atoms with Gasteiger partial charge in [-0.2, -0.15) is 4.31 Å². The molecule has 0 spiro atoms. The molecular weight excluding hydrogens is 266 g/mol. The van der Waals surface area contributed by atoms with Gasteiger partial charge >= 0.3 is 0 Å². The zero-order valence-electron chi connectivity index (χ0n) is 11.4. The zero-order valence-corrected chi connectivity index (χ0v) is 12.2. The maximum atomic E-state index is 12.5. The first kappa shape index (κ1) is 14.5. The second kappa shape index (κ2) is 5.60. The summed E-state index contributed by atoms with van der Waals surface area (Å²) in [4.78, 5) is 4.15. The zero-order chi connectivity index (χ0) is 14.0. The van der Waals surface area contributed by atoms with Crippen molar-refractivity contribution in [1.29, 1.82) is 0 Å². The van der Waals surface area contributed by atoms with Gasteiger partial charge in [0.15, 0.2) is 5.03 Å². The highest BCUT2D eigenvalue weighted by atomic mass is 32.2. The Morgan fingerprint density at radius 3 is 2.53 bits per heavy atom. The summed E-state index contributed by atoms with van der Waals surface area (Å²) in [6.45, 7) is 5.54. The molecule has 108 valence electrons. The third kappa shape index (κ3) is 2.82. The van der Waals surface area contributed by atoms with Crippen molar-refractivity contribution >= 4 is 10.0 Å². The molecule has 1 aromatic rings. The number of hydrogen-bond donors (Lipinski definition) is 1. The van der Waals surface area contributed by atoms with Crippen LogP contribution in [0, 0.1) is 12.8 Å². The van der Waals surface area contributed by atoms with Gasteiger partial charge in [0.05, 0.1) is 0 Å². The van der Waals surface area contributed by atoms with Crippen LogP contribution in [0.1, 0.15) is 25.6 Å². The quantitative estimate of drug-likeness (QED) is 0.880. The van der Waals surface area contributed by atoms with Crippen LogP contribution >= 0.6 is 0 Å². The summed E-state index contributed by atoms with van der Waals surface area (Å²) in [7, 11) is -3.49. The highest BCUT2D eigenvalue weighted by molar-refractivity contribution is 7.89. The lowest BCUT2D eigenvalue weighted by Gasteiger charge is -2.29. The number of piperidine rings is 1. The Labute approximate surface area is 114 Å². The number of hydrogen-bond acceptors (Lipinski definition) is 4. The SMILES string of the molecule is CCn1cc(S(=O)(=O)N2CCC(CO)CC2)nc1C. The van der Waals surface area contributed by atoms with Gasteiger partial charge in [0.2, 0.25) is 0 Å². The molecule has 0 aromatic carbocycles. The number of imidazole rings is 1. The summed E-state index contributed by atoms with van der Waals surface area (Å²) in [5.74, 6) is 0.938. The minimum absolute atomic E-state index is 0.134. The topological polar surface area (TPSA) is 75.4 Å². The van der Waals surface area contributed by atoms with E-state index in [-0.39, 0.29) is 17.6 Å². The molecule has 0 unspecified atom stereocenters. The van der Waals surface area contributed by atoms with Crippen molar-refractivity contribution in [3.63, 3.8) is 0 Å². The van der Waals surface area contributed by atoms with E-state index in [1.165, 1.54) is 4.31 Å². The van der Waals surface area contributed by atoms with E-state index in [1.807, 2.05) is 11.5 Å². The van der Waals surface area contributed by atoms with E-state index in [9.17, 15) is 8.42 Å². The average molecular weight is 287 g/mol. The van der Waals surface area contributed by atoms with E-state index in [0.29, 0.717) is 38.3 Å². The minimum Gasteiger partial charge on any atom is -0.396 e.